The Balaban J connectivity index is 1.29. The van der Waals surface area contributed by atoms with E-state index in [2.05, 4.69) is 112 Å². The molecular formula is C35H27N3O2. The number of nitrogens with one attached hydrogen (secondary N) is 2. The lowest BCUT2D eigenvalue weighted by atomic mass is 9.94. The molecule has 2 aliphatic heterocycles. The lowest BCUT2D eigenvalue weighted by Gasteiger charge is -2.37. The molecule has 0 radical (unpaired) electrons. The summed E-state index contributed by atoms with van der Waals surface area (Å²) in [7, 11) is 0. The van der Waals surface area contributed by atoms with Gasteiger partial charge in [-0.3, -0.25) is 5.32 Å². The van der Waals surface area contributed by atoms with E-state index in [1.807, 2.05) is 6.08 Å². The van der Waals surface area contributed by atoms with Crippen LogP contribution in [0.3, 0.4) is 0 Å². The summed E-state index contributed by atoms with van der Waals surface area (Å²) in [6, 6.07) is 19.6. The summed E-state index contributed by atoms with van der Waals surface area (Å²) in [5, 5.41) is 10.2. The average Bonchev–Trinajstić information content (AvgIpc) is 3.60. The lowest BCUT2D eigenvalue weighted by molar-refractivity contribution is 0.305. The first-order valence-electron chi connectivity index (χ1n) is 14.0. The zero-order valence-electron chi connectivity index (χ0n) is 21.9. The van der Waals surface area contributed by atoms with Crippen molar-refractivity contribution in [3.05, 3.63) is 131 Å². The molecule has 40 heavy (non-hydrogen) atoms. The van der Waals surface area contributed by atoms with Gasteiger partial charge in [0.1, 0.15) is 0 Å². The molecule has 2 unspecified atom stereocenters. The highest BCUT2D eigenvalue weighted by Crippen LogP contribution is 2.46. The van der Waals surface area contributed by atoms with Crippen molar-refractivity contribution < 1.29 is 9.47 Å². The molecular weight excluding hydrogens is 494 g/mol. The fourth-order valence-corrected chi connectivity index (χ4v) is 6.77. The zero-order chi connectivity index (χ0) is 26.2. The quantitative estimate of drug-likeness (QED) is 0.292. The van der Waals surface area contributed by atoms with Crippen molar-refractivity contribution in [3.8, 4) is 11.5 Å². The molecule has 5 heteroatoms. The number of aromatic nitrogens is 1. The van der Waals surface area contributed by atoms with Crippen molar-refractivity contribution in [2.75, 3.05) is 0 Å². The Hall–Kier alpha value is -4.74. The maximum absolute atomic E-state index is 6.36. The Bertz CT molecular complexity index is 1930. The fourth-order valence-electron chi connectivity index (χ4n) is 6.77. The minimum absolute atomic E-state index is 0.0898. The maximum atomic E-state index is 6.36. The first-order valence-corrected chi connectivity index (χ1v) is 14.0. The molecule has 9 rings (SSSR count). The van der Waals surface area contributed by atoms with Gasteiger partial charge in [-0.2, -0.15) is 0 Å². The maximum Gasteiger partial charge on any atom is 0.172 e. The molecule has 2 N–H and O–H groups in total. The van der Waals surface area contributed by atoms with Crippen molar-refractivity contribution >= 4 is 33.6 Å². The van der Waals surface area contributed by atoms with E-state index in [0.717, 1.165) is 53.5 Å². The van der Waals surface area contributed by atoms with Crippen LogP contribution in [0.25, 0.3) is 33.6 Å². The van der Waals surface area contributed by atoms with Crippen molar-refractivity contribution in [1.29, 1.82) is 0 Å². The number of rotatable bonds is 2. The van der Waals surface area contributed by atoms with Crippen molar-refractivity contribution in [2.45, 2.75) is 31.6 Å². The molecule has 1 aromatic heterocycles. The highest BCUT2D eigenvalue weighted by atomic mass is 16.6. The van der Waals surface area contributed by atoms with E-state index in [4.69, 9.17) is 9.47 Å². The molecule has 0 saturated heterocycles. The van der Waals surface area contributed by atoms with Crippen molar-refractivity contribution in [2.24, 2.45) is 0 Å². The van der Waals surface area contributed by atoms with Crippen LogP contribution in [0.5, 0.6) is 11.5 Å². The van der Waals surface area contributed by atoms with Gasteiger partial charge in [0.25, 0.3) is 0 Å². The molecule has 0 bridgehead atoms. The van der Waals surface area contributed by atoms with Gasteiger partial charge in [0.05, 0.1) is 17.1 Å². The van der Waals surface area contributed by atoms with Crippen LogP contribution in [0.2, 0.25) is 0 Å². The second-order valence-corrected chi connectivity index (χ2v) is 10.9. The number of ether oxygens (including phenoxy) is 2. The molecule has 0 spiro atoms. The number of hydrogen-bond acceptors (Lipinski definition) is 4. The Morgan fingerprint density at radius 1 is 0.850 bits per heavy atom. The summed E-state index contributed by atoms with van der Waals surface area (Å²) in [6.45, 7) is 0. The van der Waals surface area contributed by atoms with Gasteiger partial charge in [-0.15, -0.1) is 0 Å². The Morgan fingerprint density at radius 2 is 1.77 bits per heavy atom. The van der Waals surface area contributed by atoms with Crippen molar-refractivity contribution in [3.63, 3.8) is 0 Å². The van der Waals surface area contributed by atoms with Gasteiger partial charge in [0.15, 0.2) is 29.3 Å². The Morgan fingerprint density at radius 3 is 2.73 bits per heavy atom. The van der Waals surface area contributed by atoms with Crippen LogP contribution >= 0.6 is 0 Å². The largest absolute Gasteiger partial charge is 0.454 e. The fraction of sp³-hybridized carbons (Fsp3) is 0.143. The van der Waals surface area contributed by atoms with E-state index in [1.54, 1.807) is 0 Å². The summed E-state index contributed by atoms with van der Waals surface area (Å²) in [4.78, 5) is 0. The van der Waals surface area contributed by atoms with Gasteiger partial charge in [-0.05, 0) is 47.2 Å². The lowest BCUT2D eigenvalue weighted by Crippen LogP contribution is -2.48. The number of aryl methyl sites for hydroxylation is 1. The predicted octanol–water partition coefficient (Wildman–Crippen LogP) is 7.25. The van der Waals surface area contributed by atoms with E-state index < -0.39 is 0 Å². The first-order chi connectivity index (χ1) is 19.8. The normalized spacial score (nSPS) is 22.1. The average molecular weight is 522 g/mol. The van der Waals surface area contributed by atoms with Crippen LogP contribution in [0.4, 0.5) is 0 Å². The number of fused-ring (bicyclic) bond motifs is 7. The molecule has 0 amide bonds. The van der Waals surface area contributed by atoms with Gasteiger partial charge in [-0.25, -0.2) is 0 Å². The smallest absolute Gasteiger partial charge is 0.172 e. The Kier molecular flexibility index (Phi) is 4.63. The van der Waals surface area contributed by atoms with E-state index in [0.29, 0.717) is 0 Å². The van der Waals surface area contributed by atoms with Crippen LogP contribution < -0.4 is 20.1 Å². The molecule has 3 aliphatic carbocycles. The molecule has 3 heterocycles. The molecule has 0 saturated carbocycles. The molecule has 2 atom stereocenters. The zero-order valence-corrected chi connectivity index (χ0v) is 21.9. The topological polar surface area (TPSA) is 47.5 Å². The molecule has 5 nitrogen and oxygen atoms in total. The van der Waals surface area contributed by atoms with Crippen molar-refractivity contribution in [1.82, 2.24) is 15.2 Å². The number of nitrogens with zero attached hydrogens (tertiary/aromatic N) is 1. The predicted molar refractivity (Wildman–Crippen MR) is 160 cm³/mol. The van der Waals surface area contributed by atoms with Gasteiger partial charge >= 0.3 is 0 Å². The van der Waals surface area contributed by atoms with E-state index >= 15 is 0 Å². The van der Waals surface area contributed by atoms with E-state index in [-0.39, 0.29) is 12.3 Å². The third-order valence-electron chi connectivity index (χ3n) is 8.58. The summed E-state index contributed by atoms with van der Waals surface area (Å²) in [5.74, 6) is 3.23. The van der Waals surface area contributed by atoms with Crippen LogP contribution in [-0.4, -0.2) is 10.6 Å². The van der Waals surface area contributed by atoms with Gasteiger partial charge in [0.2, 0.25) is 0 Å². The van der Waals surface area contributed by atoms with Crippen LogP contribution in [0.1, 0.15) is 35.8 Å². The molecule has 194 valence electrons. The Labute approximate surface area is 232 Å². The third kappa shape index (κ3) is 3.18. The second-order valence-electron chi connectivity index (χ2n) is 10.9. The van der Waals surface area contributed by atoms with Gasteiger partial charge in [-0.1, -0.05) is 85.0 Å². The number of hydrogen-bond donors (Lipinski definition) is 2. The summed E-state index contributed by atoms with van der Waals surface area (Å²) < 4.78 is 15.2. The SMILES string of the molecule is C1=CC2=C(c3ccccc3)NC(n3c4cc5c(cc4c4ccc6c(c43)CCC=C6)OC3=C(C=CC3)O5)NC2C=C1. The van der Waals surface area contributed by atoms with Gasteiger partial charge < -0.3 is 19.4 Å². The molecule has 5 aliphatic rings. The molecule has 3 aromatic carbocycles. The number of benzene rings is 3. The van der Waals surface area contributed by atoms with Gasteiger partial charge in [0, 0.05) is 29.0 Å². The highest BCUT2D eigenvalue weighted by Gasteiger charge is 2.32. The third-order valence-corrected chi connectivity index (χ3v) is 8.58. The first kappa shape index (κ1) is 22.1. The minimum Gasteiger partial charge on any atom is -0.454 e. The summed E-state index contributed by atoms with van der Waals surface area (Å²) in [5.41, 5.74) is 8.63. The van der Waals surface area contributed by atoms with Crippen LogP contribution in [0, 0.1) is 0 Å². The standard InChI is InChI=1S/C35H27N3O2/c1-2-10-22(11-3-1)33-25-13-6-7-14-27(25)36-35(37-33)38-28-20-32-31(39-29-15-8-16-30(29)40-32)19-26(28)24-18-17-21-9-4-5-12-23(21)34(24)38/h1-4,6-11,13-14,16-20,27,35-37H,5,12,15H2. The highest BCUT2D eigenvalue weighted by molar-refractivity contribution is 6.11. The second kappa shape index (κ2) is 8.38. The minimum atomic E-state index is -0.179. The van der Waals surface area contributed by atoms with Crippen LogP contribution in [-0.2, 0) is 6.42 Å². The van der Waals surface area contributed by atoms with Crippen LogP contribution in [0.15, 0.2) is 114 Å². The monoisotopic (exact) mass is 521 g/mol. The molecule has 0 fully saturated rings. The van der Waals surface area contributed by atoms with E-state index in [9.17, 15) is 0 Å². The summed E-state index contributed by atoms with van der Waals surface area (Å²) in [6.07, 6.45) is 20.0. The summed E-state index contributed by atoms with van der Waals surface area (Å²) >= 11 is 0. The molecule has 4 aromatic rings. The van der Waals surface area contributed by atoms with E-state index in [1.165, 1.54) is 38.6 Å². The number of allylic oxidation sites excluding steroid dienone is 5.